The SMILES string of the molecule is Br.Clc1ccc(CSc2nc3ccccc3[nH]2)cc1. The first-order valence-electron chi connectivity index (χ1n) is 5.63. The first-order valence-corrected chi connectivity index (χ1v) is 6.99. The van der Waals surface area contributed by atoms with E-state index < -0.39 is 0 Å². The van der Waals surface area contributed by atoms with Gasteiger partial charge in [0.25, 0.3) is 0 Å². The summed E-state index contributed by atoms with van der Waals surface area (Å²) >= 11 is 7.55. The van der Waals surface area contributed by atoms with Crippen molar-refractivity contribution in [3.05, 3.63) is 59.1 Å². The molecular formula is C14H12BrClN2S. The standard InChI is InChI=1S/C14H11ClN2S.BrH/c15-11-7-5-10(6-8-11)9-18-14-16-12-3-1-2-4-13(12)17-14;/h1-8H,9H2,(H,16,17);1H. The highest BCUT2D eigenvalue weighted by atomic mass is 79.9. The van der Waals surface area contributed by atoms with Crippen LogP contribution < -0.4 is 0 Å². The number of hydrogen-bond acceptors (Lipinski definition) is 2. The molecule has 98 valence electrons. The predicted molar refractivity (Wildman–Crippen MR) is 87.4 cm³/mol. The summed E-state index contributed by atoms with van der Waals surface area (Å²) in [5.41, 5.74) is 3.33. The van der Waals surface area contributed by atoms with Gasteiger partial charge in [-0.25, -0.2) is 4.98 Å². The lowest BCUT2D eigenvalue weighted by atomic mass is 10.2. The van der Waals surface area contributed by atoms with Crippen molar-refractivity contribution in [3.63, 3.8) is 0 Å². The number of halogens is 2. The Morgan fingerprint density at radius 2 is 1.79 bits per heavy atom. The number of thioether (sulfide) groups is 1. The van der Waals surface area contributed by atoms with Gasteiger partial charge in [-0.3, -0.25) is 0 Å². The summed E-state index contributed by atoms with van der Waals surface area (Å²) in [6, 6.07) is 16.0. The molecule has 0 radical (unpaired) electrons. The molecule has 19 heavy (non-hydrogen) atoms. The Kier molecular flexibility index (Phi) is 4.91. The molecule has 0 amide bonds. The fraction of sp³-hybridized carbons (Fsp3) is 0.0714. The predicted octanol–water partition coefficient (Wildman–Crippen LogP) is 5.09. The Morgan fingerprint density at radius 3 is 2.53 bits per heavy atom. The van der Waals surface area contributed by atoms with Crippen molar-refractivity contribution in [1.82, 2.24) is 9.97 Å². The lowest BCUT2D eigenvalue weighted by Gasteiger charge is -1.98. The summed E-state index contributed by atoms with van der Waals surface area (Å²) in [7, 11) is 0. The Bertz CT molecular complexity index is 634. The fourth-order valence-electron chi connectivity index (χ4n) is 1.73. The number of hydrogen-bond donors (Lipinski definition) is 1. The second-order valence-corrected chi connectivity index (χ2v) is 5.37. The second kappa shape index (κ2) is 6.46. The molecular weight excluding hydrogens is 344 g/mol. The van der Waals surface area contributed by atoms with Crippen molar-refractivity contribution in [2.24, 2.45) is 0 Å². The van der Waals surface area contributed by atoms with Crippen molar-refractivity contribution < 1.29 is 0 Å². The molecule has 2 aromatic carbocycles. The van der Waals surface area contributed by atoms with Gasteiger partial charge in [-0.15, -0.1) is 17.0 Å². The van der Waals surface area contributed by atoms with Crippen LogP contribution in [0.25, 0.3) is 11.0 Å². The van der Waals surface area contributed by atoms with Crippen molar-refractivity contribution in [2.45, 2.75) is 10.9 Å². The molecule has 0 aliphatic heterocycles. The van der Waals surface area contributed by atoms with Crippen LogP contribution in [-0.2, 0) is 5.75 Å². The van der Waals surface area contributed by atoms with Crippen LogP contribution in [0.15, 0.2) is 53.7 Å². The van der Waals surface area contributed by atoms with E-state index in [0.717, 1.165) is 27.0 Å². The largest absolute Gasteiger partial charge is 0.333 e. The molecule has 0 aliphatic carbocycles. The summed E-state index contributed by atoms with van der Waals surface area (Å²) in [5, 5.41) is 1.72. The first kappa shape index (κ1) is 14.4. The zero-order valence-corrected chi connectivity index (χ0v) is 13.3. The minimum atomic E-state index is 0. The van der Waals surface area contributed by atoms with E-state index in [0.29, 0.717) is 0 Å². The second-order valence-electron chi connectivity index (χ2n) is 3.97. The van der Waals surface area contributed by atoms with Crippen molar-refractivity contribution >= 4 is 51.4 Å². The number of rotatable bonds is 3. The molecule has 0 fully saturated rings. The zero-order valence-electron chi connectivity index (χ0n) is 9.97. The normalized spacial score (nSPS) is 10.4. The van der Waals surface area contributed by atoms with Gasteiger partial charge in [0.05, 0.1) is 11.0 Å². The molecule has 2 nitrogen and oxygen atoms in total. The summed E-state index contributed by atoms with van der Waals surface area (Å²) in [6.07, 6.45) is 0. The lowest BCUT2D eigenvalue weighted by molar-refractivity contribution is 1.08. The molecule has 0 unspecified atom stereocenters. The number of H-pyrrole nitrogens is 1. The molecule has 1 N–H and O–H groups in total. The van der Waals surface area contributed by atoms with Crippen LogP contribution in [0, 0.1) is 0 Å². The number of fused-ring (bicyclic) bond motifs is 1. The Morgan fingerprint density at radius 1 is 1.05 bits per heavy atom. The molecule has 5 heteroatoms. The molecule has 0 aliphatic rings. The van der Waals surface area contributed by atoms with Gasteiger partial charge in [-0.05, 0) is 29.8 Å². The van der Waals surface area contributed by atoms with Crippen LogP contribution in [-0.4, -0.2) is 9.97 Å². The van der Waals surface area contributed by atoms with Gasteiger partial charge in [0, 0.05) is 10.8 Å². The molecule has 0 atom stereocenters. The van der Waals surface area contributed by atoms with E-state index in [1.165, 1.54) is 5.56 Å². The molecule has 0 saturated carbocycles. The lowest BCUT2D eigenvalue weighted by Crippen LogP contribution is -1.81. The third-order valence-corrected chi connectivity index (χ3v) is 3.85. The maximum Gasteiger partial charge on any atom is 0.166 e. The van der Waals surface area contributed by atoms with Crippen LogP contribution in [0.1, 0.15) is 5.56 Å². The molecule has 0 bridgehead atoms. The minimum absolute atomic E-state index is 0. The van der Waals surface area contributed by atoms with Crippen LogP contribution in [0.5, 0.6) is 0 Å². The Hall–Kier alpha value is -0.970. The van der Waals surface area contributed by atoms with Gasteiger partial charge in [-0.1, -0.05) is 47.6 Å². The van der Waals surface area contributed by atoms with Crippen LogP contribution in [0.3, 0.4) is 0 Å². The quantitative estimate of drug-likeness (QED) is 0.663. The molecule has 1 heterocycles. The van der Waals surface area contributed by atoms with Crippen molar-refractivity contribution in [1.29, 1.82) is 0 Å². The fourth-order valence-corrected chi connectivity index (χ4v) is 2.70. The average Bonchev–Trinajstić information content (AvgIpc) is 2.81. The summed E-state index contributed by atoms with van der Waals surface area (Å²) in [5.74, 6) is 0.886. The maximum atomic E-state index is 5.86. The van der Waals surface area contributed by atoms with Crippen LogP contribution >= 0.6 is 40.3 Å². The average molecular weight is 356 g/mol. The highest BCUT2D eigenvalue weighted by molar-refractivity contribution is 8.93. The van der Waals surface area contributed by atoms with Gasteiger partial charge in [0.1, 0.15) is 0 Å². The Labute approximate surface area is 131 Å². The number of aromatic amines is 1. The Balaban J connectivity index is 0.00000133. The van der Waals surface area contributed by atoms with Gasteiger partial charge < -0.3 is 4.98 Å². The van der Waals surface area contributed by atoms with Gasteiger partial charge in [0.15, 0.2) is 5.16 Å². The van der Waals surface area contributed by atoms with Gasteiger partial charge in [-0.2, -0.15) is 0 Å². The number of imidazole rings is 1. The van der Waals surface area contributed by atoms with Gasteiger partial charge >= 0.3 is 0 Å². The van der Waals surface area contributed by atoms with Crippen LogP contribution in [0.4, 0.5) is 0 Å². The zero-order chi connectivity index (χ0) is 12.4. The number of benzene rings is 2. The molecule has 0 spiro atoms. The third-order valence-electron chi connectivity index (χ3n) is 2.66. The summed E-state index contributed by atoms with van der Waals surface area (Å²) < 4.78 is 0. The van der Waals surface area contributed by atoms with Gasteiger partial charge in [0.2, 0.25) is 0 Å². The van der Waals surface area contributed by atoms with E-state index in [4.69, 9.17) is 11.6 Å². The van der Waals surface area contributed by atoms with Crippen molar-refractivity contribution in [3.8, 4) is 0 Å². The summed E-state index contributed by atoms with van der Waals surface area (Å²) in [4.78, 5) is 7.83. The highest BCUT2D eigenvalue weighted by Crippen LogP contribution is 2.23. The monoisotopic (exact) mass is 354 g/mol. The number of para-hydroxylation sites is 2. The molecule has 0 saturated heterocycles. The van der Waals surface area contributed by atoms with E-state index in [1.807, 2.05) is 48.5 Å². The smallest absolute Gasteiger partial charge is 0.166 e. The van der Waals surface area contributed by atoms with E-state index in [-0.39, 0.29) is 17.0 Å². The topological polar surface area (TPSA) is 28.7 Å². The highest BCUT2D eigenvalue weighted by Gasteiger charge is 2.02. The number of aromatic nitrogens is 2. The van der Waals surface area contributed by atoms with E-state index >= 15 is 0 Å². The molecule has 1 aromatic heterocycles. The van der Waals surface area contributed by atoms with E-state index in [9.17, 15) is 0 Å². The summed E-state index contributed by atoms with van der Waals surface area (Å²) in [6.45, 7) is 0. The van der Waals surface area contributed by atoms with E-state index in [2.05, 4.69) is 9.97 Å². The van der Waals surface area contributed by atoms with Crippen LogP contribution in [0.2, 0.25) is 5.02 Å². The van der Waals surface area contributed by atoms with E-state index in [1.54, 1.807) is 11.8 Å². The maximum absolute atomic E-state index is 5.86. The molecule has 3 rings (SSSR count). The number of nitrogens with one attached hydrogen (secondary N) is 1. The molecule has 3 aromatic rings. The van der Waals surface area contributed by atoms with Crippen molar-refractivity contribution in [2.75, 3.05) is 0 Å². The minimum Gasteiger partial charge on any atom is -0.333 e. The first-order chi connectivity index (χ1) is 8.81. The number of nitrogens with zero attached hydrogens (tertiary/aromatic N) is 1. The third kappa shape index (κ3) is 3.53.